The Balaban J connectivity index is 1.93. The molecule has 0 saturated carbocycles. The second-order valence-electron chi connectivity index (χ2n) is 5.38. The van der Waals surface area contributed by atoms with Crippen molar-refractivity contribution in [2.45, 2.75) is 39.3 Å². The van der Waals surface area contributed by atoms with Crippen LogP contribution in [0.25, 0.3) is 0 Å². The summed E-state index contributed by atoms with van der Waals surface area (Å²) in [5.74, 6) is 0.613. The number of carbonyl (C=O) groups is 1. The highest BCUT2D eigenvalue weighted by molar-refractivity contribution is 5.88. The Morgan fingerprint density at radius 2 is 2.26 bits per heavy atom. The van der Waals surface area contributed by atoms with Crippen molar-refractivity contribution < 1.29 is 9.90 Å². The quantitative estimate of drug-likeness (QED) is 0.727. The van der Waals surface area contributed by atoms with E-state index in [0.29, 0.717) is 31.7 Å². The lowest BCUT2D eigenvalue weighted by Crippen LogP contribution is -2.32. The van der Waals surface area contributed by atoms with Crippen molar-refractivity contribution in [1.82, 2.24) is 20.1 Å². The van der Waals surface area contributed by atoms with Crippen molar-refractivity contribution in [3.05, 3.63) is 41.9 Å². The lowest BCUT2D eigenvalue weighted by Gasteiger charge is -2.11. The highest BCUT2D eigenvalue weighted by Crippen LogP contribution is 2.12. The highest BCUT2D eigenvalue weighted by Gasteiger charge is 2.10. The van der Waals surface area contributed by atoms with Crippen LogP contribution in [0, 0.1) is 6.92 Å². The molecule has 1 unspecified atom stereocenters. The number of carbonyl (C=O) groups excluding carboxylic acids is 1. The number of aryl methyl sites for hydroxylation is 1. The Morgan fingerprint density at radius 1 is 1.43 bits per heavy atom. The van der Waals surface area contributed by atoms with Crippen molar-refractivity contribution in [1.29, 1.82) is 0 Å². The largest absolute Gasteiger partial charge is 0.393 e. The van der Waals surface area contributed by atoms with E-state index in [2.05, 4.69) is 20.7 Å². The predicted molar refractivity (Wildman–Crippen MR) is 88.2 cm³/mol. The highest BCUT2D eigenvalue weighted by atomic mass is 16.3. The van der Waals surface area contributed by atoms with E-state index in [1.807, 2.05) is 38.1 Å². The number of pyridine rings is 1. The molecule has 0 aromatic carbocycles. The molecule has 3 N–H and O–H groups in total. The average Bonchev–Trinajstić information content (AvgIpc) is 2.87. The number of hydrogen-bond donors (Lipinski definition) is 3. The van der Waals surface area contributed by atoms with Crippen LogP contribution in [-0.4, -0.2) is 38.6 Å². The predicted octanol–water partition coefficient (Wildman–Crippen LogP) is 1.92. The number of aliphatic hydroxyl groups is 1. The van der Waals surface area contributed by atoms with Crippen LogP contribution in [0.1, 0.15) is 31.2 Å². The van der Waals surface area contributed by atoms with E-state index < -0.39 is 0 Å². The van der Waals surface area contributed by atoms with E-state index in [9.17, 15) is 9.90 Å². The van der Waals surface area contributed by atoms with E-state index in [0.717, 1.165) is 11.4 Å². The van der Waals surface area contributed by atoms with Crippen molar-refractivity contribution >= 4 is 11.8 Å². The van der Waals surface area contributed by atoms with Gasteiger partial charge < -0.3 is 10.4 Å². The van der Waals surface area contributed by atoms with Gasteiger partial charge in [0, 0.05) is 18.8 Å². The minimum Gasteiger partial charge on any atom is -0.393 e. The molecule has 7 heteroatoms. The summed E-state index contributed by atoms with van der Waals surface area (Å²) in [6.45, 7) is 4.69. The number of urea groups is 1. The molecule has 0 aliphatic rings. The van der Waals surface area contributed by atoms with Crippen LogP contribution in [0.5, 0.6) is 0 Å². The fourth-order valence-corrected chi connectivity index (χ4v) is 2.13. The summed E-state index contributed by atoms with van der Waals surface area (Å²) in [6.07, 6.45) is 2.56. The zero-order chi connectivity index (χ0) is 16.7. The lowest BCUT2D eigenvalue weighted by atomic mass is 10.2. The Bertz CT molecular complexity index is 627. The molecular weight excluding hydrogens is 294 g/mol. The van der Waals surface area contributed by atoms with Gasteiger partial charge in [-0.05, 0) is 31.9 Å². The summed E-state index contributed by atoms with van der Waals surface area (Å²) >= 11 is 0. The average molecular weight is 317 g/mol. The molecule has 0 fully saturated rings. The van der Waals surface area contributed by atoms with Crippen LogP contribution in [0.2, 0.25) is 0 Å². The van der Waals surface area contributed by atoms with Gasteiger partial charge in [-0.3, -0.25) is 10.3 Å². The summed E-state index contributed by atoms with van der Waals surface area (Å²) < 4.78 is 1.71. The van der Waals surface area contributed by atoms with E-state index in [1.54, 1.807) is 10.9 Å². The molecule has 0 aliphatic heterocycles. The molecule has 23 heavy (non-hydrogen) atoms. The first kappa shape index (κ1) is 17.0. The van der Waals surface area contributed by atoms with Gasteiger partial charge >= 0.3 is 6.03 Å². The van der Waals surface area contributed by atoms with Crippen LogP contribution >= 0.6 is 0 Å². The first-order valence-electron chi connectivity index (χ1n) is 7.75. The molecule has 2 amide bonds. The molecule has 0 radical (unpaired) electrons. The summed E-state index contributed by atoms with van der Waals surface area (Å²) in [7, 11) is 0. The van der Waals surface area contributed by atoms with E-state index in [4.69, 9.17) is 0 Å². The SMILES string of the molecule is CCC(O)CCNC(=O)Nc1cc(C)nn1Cc1ccccn1. The molecular formula is C16H23N5O2. The Hall–Kier alpha value is -2.41. The van der Waals surface area contributed by atoms with Crippen LogP contribution in [0.3, 0.4) is 0 Å². The van der Waals surface area contributed by atoms with Gasteiger partial charge in [0.25, 0.3) is 0 Å². The van der Waals surface area contributed by atoms with Crippen LogP contribution in [0.15, 0.2) is 30.5 Å². The van der Waals surface area contributed by atoms with Gasteiger partial charge in [0.2, 0.25) is 0 Å². The maximum atomic E-state index is 11.9. The molecule has 0 bridgehead atoms. The lowest BCUT2D eigenvalue weighted by molar-refractivity contribution is 0.160. The monoisotopic (exact) mass is 317 g/mol. The molecule has 2 rings (SSSR count). The summed E-state index contributed by atoms with van der Waals surface area (Å²) in [5.41, 5.74) is 1.68. The van der Waals surface area contributed by atoms with Crippen molar-refractivity contribution in [3.63, 3.8) is 0 Å². The Labute approximate surface area is 135 Å². The smallest absolute Gasteiger partial charge is 0.320 e. The number of amides is 2. The minimum atomic E-state index is -0.382. The fourth-order valence-electron chi connectivity index (χ4n) is 2.13. The van der Waals surface area contributed by atoms with Gasteiger partial charge in [0.1, 0.15) is 5.82 Å². The first-order valence-corrected chi connectivity index (χ1v) is 7.75. The first-order chi connectivity index (χ1) is 11.1. The third-order valence-electron chi connectivity index (χ3n) is 3.42. The summed E-state index contributed by atoms with van der Waals surface area (Å²) in [4.78, 5) is 16.2. The summed E-state index contributed by atoms with van der Waals surface area (Å²) in [6, 6.07) is 7.18. The van der Waals surface area contributed by atoms with Crippen molar-refractivity contribution in [3.8, 4) is 0 Å². The second kappa shape index (κ2) is 8.28. The van der Waals surface area contributed by atoms with Crippen molar-refractivity contribution in [2.24, 2.45) is 0 Å². The fraction of sp³-hybridized carbons (Fsp3) is 0.438. The molecule has 1 atom stereocenters. The molecule has 0 saturated heterocycles. The molecule has 124 valence electrons. The molecule has 0 aliphatic carbocycles. The topological polar surface area (TPSA) is 92.1 Å². The number of nitrogens with zero attached hydrogens (tertiary/aromatic N) is 3. The van der Waals surface area contributed by atoms with Gasteiger partial charge in [-0.1, -0.05) is 13.0 Å². The van der Waals surface area contributed by atoms with E-state index >= 15 is 0 Å². The zero-order valence-corrected chi connectivity index (χ0v) is 13.5. The molecule has 2 heterocycles. The minimum absolute atomic E-state index is 0.310. The number of rotatable bonds is 7. The Morgan fingerprint density at radius 3 is 2.96 bits per heavy atom. The summed E-state index contributed by atoms with van der Waals surface area (Å²) in [5, 5.41) is 19.4. The number of nitrogens with one attached hydrogen (secondary N) is 2. The maximum Gasteiger partial charge on any atom is 0.320 e. The van der Waals surface area contributed by atoms with Gasteiger partial charge in [-0.15, -0.1) is 0 Å². The van der Waals surface area contributed by atoms with Gasteiger partial charge in [-0.2, -0.15) is 5.10 Å². The number of aliphatic hydroxyl groups excluding tert-OH is 1. The van der Waals surface area contributed by atoms with Gasteiger partial charge in [0.15, 0.2) is 0 Å². The van der Waals surface area contributed by atoms with Gasteiger partial charge in [-0.25, -0.2) is 9.48 Å². The maximum absolute atomic E-state index is 11.9. The molecule has 7 nitrogen and oxygen atoms in total. The standard InChI is InChI=1S/C16H23N5O2/c1-3-14(22)7-9-18-16(23)19-15-10-12(2)20-21(15)11-13-6-4-5-8-17-13/h4-6,8,10,14,22H,3,7,9,11H2,1-2H3,(H2,18,19,23). The Kier molecular flexibility index (Phi) is 6.10. The number of anilines is 1. The number of hydrogen-bond acceptors (Lipinski definition) is 4. The molecule has 2 aromatic rings. The zero-order valence-electron chi connectivity index (χ0n) is 13.5. The van der Waals surface area contributed by atoms with Crippen LogP contribution in [-0.2, 0) is 6.54 Å². The van der Waals surface area contributed by atoms with Crippen molar-refractivity contribution in [2.75, 3.05) is 11.9 Å². The number of aromatic nitrogens is 3. The third kappa shape index (κ3) is 5.37. The van der Waals surface area contributed by atoms with E-state index in [-0.39, 0.29) is 12.1 Å². The van der Waals surface area contributed by atoms with E-state index in [1.165, 1.54) is 0 Å². The second-order valence-corrected chi connectivity index (χ2v) is 5.38. The van der Waals surface area contributed by atoms with Crippen LogP contribution in [0.4, 0.5) is 10.6 Å². The van der Waals surface area contributed by atoms with Crippen LogP contribution < -0.4 is 10.6 Å². The molecule has 2 aromatic heterocycles. The van der Waals surface area contributed by atoms with Gasteiger partial charge in [0.05, 0.1) is 24.0 Å². The third-order valence-corrected chi connectivity index (χ3v) is 3.42. The molecule has 0 spiro atoms. The normalized spacial score (nSPS) is 12.0.